The Kier molecular flexibility index (Phi) is 4.99. The fourth-order valence-corrected chi connectivity index (χ4v) is 2.37. The predicted molar refractivity (Wildman–Crippen MR) is 74.7 cm³/mol. The normalized spacial score (nSPS) is 15.4. The number of nitrogens with zero attached hydrogens (tertiary/aromatic N) is 2. The number of hydrogen-bond donors (Lipinski definition) is 1. The molecule has 0 unspecified atom stereocenters. The monoisotopic (exact) mass is 265 g/mol. The fourth-order valence-electron chi connectivity index (χ4n) is 2.37. The highest BCUT2D eigenvalue weighted by Gasteiger charge is 2.25. The smallest absolute Gasteiger partial charge is 0.183 e. The van der Waals surface area contributed by atoms with Crippen LogP contribution in [0.15, 0.2) is 12.3 Å². The molecular weight excluding hydrogens is 242 g/mol. The molecule has 1 aliphatic rings. The van der Waals surface area contributed by atoms with Crippen molar-refractivity contribution >= 4 is 0 Å². The Morgan fingerprint density at radius 1 is 1.37 bits per heavy atom. The standard InChI is InChI=1S/C14H23N3O2/c1-4-7-17(11-8-15-9-11)10-12-14(19-3)13(18-2)5-6-16-12/h5-6,11,15H,4,7-10H2,1-3H3. The molecule has 1 saturated heterocycles. The van der Waals surface area contributed by atoms with Crippen LogP contribution in [0.25, 0.3) is 0 Å². The highest BCUT2D eigenvalue weighted by Crippen LogP contribution is 2.30. The third kappa shape index (κ3) is 3.16. The average Bonchev–Trinajstić information content (AvgIpc) is 2.36. The first-order valence-corrected chi connectivity index (χ1v) is 6.80. The van der Waals surface area contributed by atoms with Gasteiger partial charge in [0.25, 0.3) is 0 Å². The van der Waals surface area contributed by atoms with Crippen LogP contribution in [0.3, 0.4) is 0 Å². The Labute approximate surface area is 114 Å². The maximum absolute atomic E-state index is 5.45. The first kappa shape index (κ1) is 14.1. The molecule has 5 heteroatoms. The molecule has 5 nitrogen and oxygen atoms in total. The lowest BCUT2D eigenvalue weighted by Gasteiger charge is -2.38. The second-order valence-electron chi connectivity index (χ2n) is 4.78. The molecule has 106 valence electrons. The molecule has 0 radical (unpaired) electrons. The number of rotatable bonds is 7. The molecule has 0 saturated carbocycles. The zero-order chi connectivity index (χ0) is 13.7. The Morgan fingerprint density at radius 3 is 2.68 bits per heavy atom. The van der Waals surface area contributed by atoms with Gasteiger partial charge in [0.1, 0.15) is 5.69 Å². The van der Waals surface area contributed by atoms with E-state index in [2.05, 4.69) is 22.1 Å². The van der Waals surface area contributed by atoms with Gasteiger partial charge in [0.2, 0.25) is 0 Å². The maximum Gasteiger partial charge on any atom is 0.183 e. The minimum Gasteiger partial charge on any atom is -0.493 e. The average molecular weight is 265 g/mol. The topological polar surface area (TPSA) is 46.6 Å². The van der Waals surface area contributed by atoms with Gasteiger partial charge in [-0.25, -0.2) is 0 Å². The van der Waals surface area contributed by atoms with E-state index in [-0.39, 0.29) is 0 Å². The van der Waals surface area contributed by atoms with Crippen LogP contribution in [0.1, 0.15) is 19.0 Å². The number of hydrogen-bond acceptors (Lipinski definition) is 5. The van der Waals surface area contributed by atoms with Gasteiger partial charge in [0.15, 0.2) is 11.5 Å². The predicted octanol–water partition coefficient (Wildman–Crippen LogP) is 1.28. The van der Waals surface area contributed by atoms with Crippen LogP contribution in [0.2, 0.25) is 0 Å². The number of methoxy groups -OCH3 is 2. The molecule has 2 rings (SSSR count). The van der Waals surface area contributed by atoms with Gasteiger partial charge in [-0.05, 0) is 13.0 Å². The van der Waals surface area contributed by atoms with Gasteiger partial charge in [0.05, 0.1) is 14.2 Å². The van der Waals surface area contributed by atoms with Crippen LogP contribution < -0.4 is 14.8 Å². The largest absolute Gasteiger partial charge is 0.493 e. The van der Waals surface area contributed by atoms with Gasteiger partial charge in [0, 0.05) is 37.9 Å². The quantitative estimate of drug-likeness (QED) is 0.805. The van der Waals surface area contributed by atoms with Gasteiger partial charge in [-0.2, -0.15) is 0 Å². The van der Waals surface area contributed by atoms with Crippen LogP contribution in [0, 0.1) is 0 Å². The van der Waals surface area contributed by atoms with Crippen LogP contribution in [-0.4, -0.2) is 49.8 Å². The van der Waals surface area contributed by atoms with E-state index < -0.39 is 0 Å². The molecule has 19 heavy (non-hydrogen) atoms. The van der Waals surface area contributed by atoms with Crippen LogP contribution in [0.4, 0.5) is 0 Å². The second kappa shape index (κ2) is 6.73. The molecule has 0 amide bonds. The fraction of sp³-hybridized carbons (Fsp3) is 0.643. The molecule has 1 fully saturated rings. The lowest BCUT2D eigenvalue weighted by Crippen LogP contribution is -2.57. The molecule has 1 aliphatic heterocycles. The van der Waals surface area contributed by atoms with Crippen molar-refractivity contribution in [2.75, 3.05) is 33.9 Å². The van der Waals surface area contributed by atoms with E-state index in [1.165, 1.54) is 0 Å². The third-order valence-corrected chi connectivity index (χ3v) is 3.51. The van der Waals surface area contributed by atoms with Gasteiger partial charge < -0.3 is 14.8 Å². The zero-order valence-electron chi connectivity index (χ0n) is 12.0. The van der Waals surface area contributed by atoms with Crippen molar-refractivity contribution in [2.45, 2.75) is 25.9 Å². The number of pyridine rings is 1. The van der Waals surface area contributed by atoms with E-state index in [1.54, 1.807) is 20.4 Å². The summed E-state index contributed by atoms with van der Waals surface area (Å²) >= 11 is 0. The number of ether oxygens (including phenoxy) is 2. The summed E-state index contributed by atoms with van der Waals surface area (Å²) < 4.78 is 10.8. The van der Waals surface area contributed by atoms with E-state index in [0.717, 1.165) is 49.8 Å². The molecular formula is C14H23N3O2. The number of aromatic nitrogens is 1. The highest BCUT2D eigenvalue weighted by molar-refractivity contribution is 5.42. The van der Waals surface area contributed by atoms with Crippen molar-refractivity contribution in [2.24, 2.45) is 0 Å². The van der Waals surface area contributed by atoms with Gasteiger partial charge in [-0.1, -0.05) is 6.92 Å². The van der Waals surface area contributed by atoms with Crippen molar-refractivity contribution < 1.29 is 9.47 Å². The van der Waals surface area contributed by atoms with E-state index in [1.807, 2.05) is 6.07 Å². The Hall–Kier alpha value is -1.33. The molecule has 1 aromatic heterocycles. The molecule has 0 atom stereocenters. The summed E-state index contributed by atoms with van der Waals surface area (Å²) in [5, 5.41) is 3.32. The summed E-state index contributed by atoms with van der Waals surface area (Å²) in [6.45, 7) is 6.21. The summed E-state index contributed by atoms with van der Waals surface area (Å²) in [6.07, 6.45) is 2.92. The lowest BCUT2D eigenvalue weighted by atomic mass is 10.1. The van der Waals surface area contributed by atoms with Crippen molar-refractivity contribution in [1.82, 2.24) is 15.2 Å². The van der Waals surface area contributed by atoms with E-state index >= 15 is 0 Å². The molecule has 1 N–H and O–H groups in total. The molecule has 1 aromatic rings. The van der Waals surface area contributed by atoms with Gasteiger partial charge >= 0.3 is 0 Å². The van der Waals surface area contributed by atoms with E-state index in [4.69, 9.17) is 9.47 Å². The highest BCUT2D eigenvalue weighted by atomic mass is 16.5. The second-order valence-corrected chi connectivity index (χ2v) is 4.78. The third-order valence-electron chi connectivity index (χ3n) is 3.51. The van der Waals surface area contributed by atoms with Crippen molar-refractivity contribution in [3.05, 3.63) is 18.0 Å². The first-order chi connectivity index (χ1) is 9.30. The van der Waals surface area contributed by atoms with Crippen LogP contribution >= 0.6 is 0 Å². The maximum atomic E-state index is 5.45. The van der Waals surface area contributed by atoms with Crippen molar-refractivity contribution in [3.8, 4) is 11.5 Å². The Morgan fingerprint density at radius 2 is 2.16 bits per heavy atom. The lowest BCUT2D eigenvalue weighted by molar-refractivity contribution is 0.134. The molecule has 2 heterocycles. The summed E-state index contributed by atoms with van der Waals surface area (Å²) in [4.78, 5) is 6.91. The molecule has 0 aromatic carbocycles. The minimum atomic E-state index is 0.609. The Bertz CT molecular complexity index is 408. The van der Waals surface area contributed by atoms with Crippen molar-refractivity contribution in [3.63, 3.8) is 0 Å². The molecule has 0 spiro atoms. The summed E-state index contributed by atoms with van der Waals surface area (Å²) in [7, 11) is 3.32. The minimum absolute atomic E-state index is 0.609. The summed E-state index contributed by atoms with van der Waals surface area (Å²) in [5.41, 5.74) is 0.946. The van der Waals surface area contributed by atoms with Crippen LogP contribution in [-0.2, 0) is 6.54 Å². The Balaban J connectivity index is 2.15. The number of nitrogens with one attached hydrogen (secondary N) is 1. The van der Waals surface area contributed by atoms with E-state index in [9.17, 15) is 0 Å². The molecule has 0 bridgehead atoms. The van der Waals surface area contributed by atoms with Crippen LogP contribution in [0.5, 0.6) is 11.5 Å². The summed E-state index contributed by atoms with van der Waals surface area (Å²) in [6, 6.07) is 2.44. The van der Waals surface area contributed by atoms with Gasteiger partial charge in [-0.3, -0.25) is 9.88 Å². The van der Waals surface area contributed by atoms with Gasteiger partial charge in [-0.15, -0.1) is 0 Å². The zero-order valence-corrected chi connectivity index (χ0v) is 12.0. The van der Waals surface area contributed by atoms with E-state index in [0.29, 0.717) is 6.04 Å². The molecule has 0 aliphatic carbocycles. The first-order valence-electron chi connectivity index (χ1n) is 6.80. The SMILES string of the molecule is CCCN(Cc1nccc(OC)c1OC)C1CNC1. The summed E-state index contributed by atoms with van der Waals surface area (Å²) in [5.74, 6) is 1.49. The van der Waals surface area contributed by atoms with Crippen molar-refractivity contribution in [1.29, 1.82) is 0 Å².